The lowest BCUT2D eigenvalue weighted by Crippen LogP contribution is -2.28. The SMILES string of the molecule is COc1ccc2c(OCCn3cc(N4CCCC4=O)ccc3=O)ccnc2c1. The Hall–Kier alpha value is -3.35. The maximum absolute atomic E-state index is 12.2. The second-order valence-corrected chi connectivity index (χ2v) is 6.61. The van der Waals surface area contributed by atoms with E-state index in [0.717, 1.165) is 28.8 Å². The third-order valence-electron chi connectivity index (χ3n) is 4.85. The van der Waals surface area contributed by atoms with Crippen LogP contribution in [-0.2, 0) is 11.3 Å². The summed E-state index contributed by atoms with van der Waals surface area (Å²) in [6.45, 7) is 1.40. The minimum Gasteiger partial charge on any atom is -0.497 e. The van der Waals surface area contributed by atoms with Crippen molar-refractivity contribution in [2.75, 3.05) is 25.2 Å². The molecule has 0 bridgehead atoms. The van der Waals surface area contributed by atoms with E-state index < -0.39 is 0 Å². The first kappa shape index (κ1) is 18.0. The van der Waals surface area contributed by atoms with Crippen LogP contribution in [0.5, 0.6) is 11.5 Å². The van der Waals surface area contributed by atoms with Gasteiger partial charge in [0.05, 0.1) is 24.9 Å². The van der Waals surface area contributed by atoms with Crippen molar-refractivity contribution in [2.45, 2.75) is 19.4 Å². The van der Waals surface area contributed by atoms with E-state index in [-0.39, 0.29) is 11.5 Å². The van der Waals surface area contributed by atoms with Crippen LogP contribution in [0.1, 0.15) is 12.8 Å². The number of hydrogen-bond acceptors (Lipinski definition) is 5. The zero-order valence-electron chi connectivity index (χ0n) is 15.6. The third-order valence-corrected chi connectivity index (χ3v) is 4.85. The molecule has 0 unspecified atom stereocenters. The fourth-order valence-corrected chi connectivity index (χ4v) is 3.38. The Kier molecular flexibility index (Phi) is 4.97. The van der Waals surface area contributed by atoms with Gasteiger partial charge in [0.1, 0.15) is 18.1 Å². The summed E-state index contributed by atoms with van der Waals surface area (Å²) in [7, 11) is 1.61. The first-order valence-electron chi connectivity index (χ1n) is 9.22. The molecule has 1 amide bonds. The predicted octanol–water partition coefficient (Wildman–Crippen LogP) is 2.61. The zero-order valence-corrected chi connectivity index (χ0v) is 15.6. The van der Waals surface area contributed by atoms with Gasteiger partial charge in [0.2, 0.25) is 5.91 Å². The van der Waals surface area contributed by atoms with Gasteiger partial charge in [-0.05, 0) is 30.7 Å². The third kappa shape index (κ3) is 3.55. The second kappa shape index (κ2) is 7.72. The molecule has 0 spiro atoms. The molecule has 144 valence electrons. The minimum atomic E-state index is -0.122. The Morgan fingerprint density at radius 2 is 2.04 bits per heavy atom. The summed E-state index contributed by atoms with van der Waals surface area (Å²) >= 11 is 0. The van der Waals surface area contributed by atoms with Gasteiger partial charge in [0.25, 0.3) is 5.56 Å². The topological polar surface area (TPSA) is 73.7 Å². The summed E-state index contributed by atoms with van der Waals surface area (Å²) in [5.74, 6) is 1.53. The van der Waals surface area contributed by atoms with Crippen molar-refractivity contribution in [1.82, 2.24) is 9.55 Å². The number of aromatic nitrogens is 2. The molecule has 1 aromatic carbocycles. The quantitative estimate of drug-likeness (QED) is 0.658. The number of nitrogens with zero attached hydrogens (tertiary/aromatic N) is 3. The largest absolute Gasteiger partial charge is 0.497 e. The van der Waals surface area contributed by atoms with Gasteiger partial charge < -0.3 is 18.9 Å². The molecule has 28 heavy (non-hydrogen) atoms. The van der Waals surface area contributed by atoms with E-state index in [9.17, 15) is 9.59 Å². The fourth-order valence-electron chi connectivity index (χ4n) is 3.38. The Labute approximate surface area is 162 Å². The molecule has 0 aliphatic carbocycles. The van der Waals surface area contributed by atoms with Crippen molar-refractivity contribution in [1.29, 1.82) is 0 Å². The molecular formula is C21H21N3O4. The number of anilines is 1. The number of pyridine rings is 2. The average Bonchev–Trinajstić information content (AvgIpc) is 3.15. The summed E-state index contributed by atoms with van der Waals surface area (Å²) in [6, 6.07) is 10.6. The van der Waals surface area contributed by atoms with Crippen LogP contribution in [0.4, 0.5) is 5.69 Å². The highest BCUT2D eigenvalue weighted by Crippen LogP contribution is 2.27. The minimum absolute atomic E-state index is 0.0973. The average molecular weight is 379 g/mol. The molecule has 7 heteroatoms. The number of ether oxygens (including phenoxy) is 2. The van der Waals surface area contributed by atoms with Gasteiger partial charge in [0, 0.05) is 42.9 Å². The summed E-state index contributed by atoms with van der Waals surface area (Å²) < 4.78 is 12.7. The summed E-state index contributed by atoms with van der Waals surface area (Å²) in [4.78, 5) is 30.2. The van der Waals surface area contributed by atoms with E-state index in [1.165, 1.54) is 6.07 Å². The molecule has 0 atom stereocenters. The van der Waals surface area contributed by atoms with E-state index in [1.54, 1.807) is 41.1 Å². The maximum Gasteiger partial charge on any atom is 0.250 e. The van der Waals surface area contributed by atoms with E-state index in [0.29, 0.717) is 31.9 Å². The van der Waals surface area contributed by atoms with Gasteiger partial charge in [-0.3, -0.25) is 14.6 Å². The standard InChI is InChI=1S/C21H21N3O4/c1-27-16-5-6-17-18(13-16)22-9-8-19(17)28-12-11-23-14-15(4-7-20(23)25)24-10-2-3-21(24)26/h4-9,13-14H,2-3,10-12H2,1H3. The molecule has 1 aliphatic rings. The van der Waals surface area contributed by atoms with Crippen molar-refractivity contribution in [2.24, 2.45) is 0 Å². The number of fused-ring (bicyclic) bond motifs is 1. The van der Waals surface area contributed by atoms with E-state index in [4.69, 9.17) is 9.47 Å². The van der Waals surface area contributed by atoms with Crippen LogP contribution in [-0.4, -0.2) is 35.7 Å². The summed E-state index contributed by atoms with van der Waals surface area (Å²) in [5.41, 5.74) is 1.41. The smallest absolute Gasteiger partial charge is 0.250 e. The molecule has 7 nitrogen and oxygen atoms in total. The van der Waals surface area contributed by atoms with Crippen LogP contribution in [0.3, 0.4) is 0 Å². The Balaban J connectivity index is 1.49. The number of rotatable bonds is 6. The molecule has 3 aromatic rings. The van der Waals surface area contributed by atoms with E-state index >= 15 is 0 Å². The molecule has 4 rings (SSSR count). The molecule has 1 fully saturated rings. The molecule has 3 heterocycles. The number of carbonyl (C=O) groups excluding carboxylic acids is 1. The fraction of sp³-hybridized carbons (Fsp3) is 0.286. The number of amides is 1. The van der Waals surface area contributed by atoms with Crippen LogP contribution in [0.25, 0.3) is 10.9 Å². The Morgan fingerprint density at radius 3 is 2.82 bits per heavy atom. The van der Waals surface area contributed by atoms with Crippen LogP contribution in [0.2, 0.25) is 0 Å². The second-order valence-electron chi connectivity index (χ2n) is 6.61. The maximum atomic E-state index is 12.2. The van der Waals surface area contributed by atoms with Crippen molar-refractivity contribution >= 4 is 22.5 Å². The van der Waals surface area contributed by atoms with Crippen LogP contribution < -0.4 is 19.9 Å². The van der Waals surface area contributed by atoms with Gasteiger partial charge >= 0.3 is 0 Å². The molecule has 1 aliphatic heterocycles. The van der Waals surface area contributed by atoms with Crippen molar-refractivity contribution in [3.05, 3.63) is 59.1 Å². The van der Waals surface area contributed by atoms with Gasteiger partial charge in [-0.2, -0.15) is 0 Å². The number of methoxy groups -OCH3 is 1. The number of benzene rings is 1. The molecule has 0 N–H and O–H groups in total. The van der Waals surface area contributed by atoms with E-state index in [2.05, 4.69) is 4.98 Å². The van der Waals surface area contributed by atoms with Crippen molar-refractivity contribution in [3.8, 4) is 11.5 Å². The lowest BCUT2D eigenvalue weighted by molar-refractivity contribution is -0.117. The Bertz CT molecular complexity index is 1080. The van der Waals surface area contributed by atoms with Crippen LogP contribution >= 0.6 is 0 Å². The van der Waals surface area contributed by atoms with E-state index in [1.807, 2.05) is 18.2 Å². The summed E-state index contributed by atoms with van der Waals surface area (Å²) in [5, 5.41) is 0.882. The van der Waals surface area contributed by atoms with Crippen LogP contribution in [0, 0.1) is 0 Å². The highest BCUT2D eigenvalue weighted by molar-refractivity contribution is 5.95. The molecule has 2 aromatic heterocycles. The van der Waals surface area contributed by atoms with Gasteiger partial charge in [-0.25, -0.2) is 0 Å². The first-order chi connectivity index (χ1) is 13.7. The van der Waals surface area contributed by atoms with Crippen molar-refractivity contribution in [3.63, 3.8) is 0 Å². The molecular weight excluding hydrogens is 358 g/mol. The summed E-state index contributed by atoms with van der Waals surface area (Å²) in [6.07, 6.45) is 4.82. The normalized spacial score (nSPS) is 13.9. The van der Waals surface area contributed by atoms with Gasteiger partial charge in [0.15, 0.2) is 0 Å². The van der Waals surface area contributed by atoms with Crippen molar-refractivity contribution < 1.29 is 14.3 Å². The van der Waals surface area contributed by atoms with Crippen LogP contribution in [0.15, 0.2) is 53.6 Å². The molecule has 1 saturated heterocycles. The van der Waals surface area contributed by atoms with Gasteiger partial charge in [-0.1, -0.05) is 0 Å². The Morgan fingerprint density at radius 1 is 1.14 bits per heavy atom. The highest BCUT2D eigenvalue weighted by atomic mass is 16.5. The monoisotopic (exact) mass is 379 g/mol. The van der Waals surface area contributed by atoms with Gasteiger partial charge in [-0.15, -0.1) is 0 Å². The lowest BCUT2D eigenvalue weighted by Gasteiger charge is -2.17. The zero-order chi connectivity index (χ0) is 19.5. The first-order valence-corrected chi connectivity index (χ1v) is 9.22. The molecule has 0 saturated carbocycles. The highest BCUT2D eigenvalue weighted by Gasteiger charge is 2.22. The molecule has 0 radical (unpaired) electrons. The number of hydrogen-bond donors (Lipinski definition) is 0. The number of carbonyl (C=O) groups is 1. The lowest BCUT2D eigenvalue weighted by atomic mass is 10.2. The predicted molar refractivity (Wildman–Crippen MR) is 106 cm³/mol.